The highest BCUT2D eigenvalue weighted by Gasteiger charge is 2.23. The van der Waals surface area contributed by atoms with E-state index in [-0.39, 0.29) is 24.0 Å². The third kappa shape index (κ3) is 4.03. The third-order valence-electron chi connectivity index (χ3n) is 2.73. The highest BCUT2D eigenvalue weighted by molar-refractivity contribution is 5.88. The molecule has 0 amide bonds. The number of aromatic carboxylic acids is 1. The average Bonchev–Trinajstić information content (AvgIpc) is 2.38. The van der Waals surface area contributed by atoms with E-state index in [4.69, 9.17) is 9.84 Å². The third-order valence-corrected chi connectivity index (χ3v) is 2.73. The van der Waals surface area contributed by atoms with Gasteiger partial charge in [0.2, 0.25) is 0 Å². The van der Waals surface area contributed by atoms with Crippen LogP contribution in [0.4, 0.5) is 0 Å². The summed E-state index contributed by atoms with van der Waals surface area (Å²) in [6.45, 7) is 3.96. The minimum atomic E-state index is -1.04. The van der Waals surface area contributed by atoms with Crippen molar-refractivity contribution >= 4 is 11.9 Å². The van der Waals surface area contributed by atoms with Crippen molar-refractivity contribution in [2.24, 2.45) is 5.92 Å². The zero-order chi connectivity index (χ0) is 14.4. The first-order chi connectivity index (χ1) is 8.97. The van der Waals surface area contributed by atoms with Gasteiger partial charge in [-0.15, -0.1) is 0 Å². The molecule has 6 heteroatoms. The van der Waals surface area contributed by atoms with Gasteiger partial charge in [0.25, 0.3) is 0 Å². The summed E-state index contributed by atoms with van der Waals surface area (Å²) < 4.78 is 4.70. The number of ether oxygens (including phenoxy) is 1. The van der Waals surface area contributed by atoms with Crippen LogP contribution in [0, 0.1) is 5.92 Å². The van der Waals surface area contributed by atoms with Crippen LogP contribution in [-0.4, -0.2) is 35.2 Å². The van der Waals surface area contributed by atoms with Gasteiger partial charge in [-0.3, -0.25) is 15.1 Å². The number of pyridine rings is 1. The van der Waals surface area contributed by atoms with Crippen LogP contribution in [0.2, 0.25) is 0 Å². The Balaban J connectivity index is 2.80. The highest BCUT2D eigenvalue weighted by Crippen LogP contribution is 2.08. The fourth-order valence-corrected chi connectivity index (χ4v) is 1.70. The first-order valence-electron chi connectivity index (χ1n) is 5.95. The lowest BCUT2D eigenvalue weighted by Gasteiger charge is -2.19. The number of aromatic nitrogens is 1. The lowest BCUT2D eigenvalue weighted by Crippen LogP contribution is -2.41. The summed E-state index contributed by atoms with van der Waals surface area (Å²) in [7, 11) is 1.32. The summed E-state index contributed by atoms with van der Waals surface area (Å²) in [5.74, 6) is -1.38. The van der Waals surface area contributed by atoms with E-state index in [1.54, 1.807) is 6.07 Å². The highest BCUT2D eigenvalue weighted by atomic mass is 16.5. The molecule has 104 valence electrons. The Labute approximate surface area is 111 Å². The average molecular weight is 266 g/mol. The number of rotatable bonds is 6. The number of carboxylic acid groups (broad SMARTS) is 1. The Kier molecular flexibility index (Phi) is 5.44. The van der Waals surface area contributed by atoms with Crippen LogP contribution in [0.5, 0.6) is 0 Å². The van der Waals surface area contributed by atoms with Crippen LogP contribution < -0.4 is 5.32 Å². The molecule has 0 aromatic carbocycles. The van der Waals surface area contributed by atoms with Gasteiger partial charge in [-0.25, -0.2) is 4.79 Å². The normalized spacial score (nSPS) is 12.2. The van der Waals surface area contributed by atoms with E-state index in [0.29, 0.717) is 5.69 Å². The van der Waals surface area contributed by atoms with Gasteiger partial charge in [0.05, 0.1) is 18.4 Å². The van der Waals surface area contributed by atoms with Crippen molar-refractivity contribution in [1.29, 1.82) is 0 Å². The quantitative estimate of drug-likeness (QED) is 0.749. The molecular formula is C13H18N2O4. The molecule has 6 nitrogen and oxygen atoms in total. The molecule has 0 saturated heterocycles. The van der Waals surface area contributed by atoms with Gasteiger partial charge in [0, 0.05) is 12.7 Å². The van der Waals surface area contributed by atoms with Crippen molar-refractivity contribution in [3.05, 3.63) is 29.6 Å². The molecule has 1 atom stereocenters. The van der Waals surface area contributed by atoms with E-state index in [1.807, 2.05) is 13.8 Å². The van der Waals surface area contributed by atoms with Gasteiger partial charge in [-0.05, 0) is 18.1 Å². The second-order valence-corrected chi connectivity index (χ2v) is 4.43. The molecule has 1 heterocycles. The summed E-state index contributed by atoms with van der Waals surface area (Å²) >= 11 is 0. The second-order valence-electron chi connectivity index (χ2n) is 4.43. The van der Waals surface area contributed by atoms with E-state index in [9.17, 15) is 9.59 Å². The van der Waals surface area contributed by atoms with Crippen molar-refractivity contribution in [2.75, 3.05) is 7.11 Å². The maximum atomic E-state index is 11.6. The number of carbonyl (C=O) groups excluding carboxylic acids is 1. The zero-order valence-corrected chi connectivity index (χ0v) is 11.2. The largest absolute Gasteiger partial charge is 0.478 e. The number of nitrogens with one attached hydrogen (secondary N) is 1. The molecule has 0 spiro atoms. The summed E-state index contributed by atoms with van der Waals surface area (Å²) in [5.41, 5.74) is 0.520. The van der Waals surface area contributed by atoms with Gasteiger partial charge >= 0.3 is 11.9 Å². The van der Waals surface area contributed by atoms with Gasteiger partial charge in [0.15, 0.2) is 0 Å². The molecule has 1 aromatic rings. The smallest absolute Gasteiger partial charge is 0.337 e. The Hall–Kier alpha value is -1.95. The predicted molar refractivity (Wildman–Crippen MR) is 68.7 cm³/mol. The maximum absolute atomic E-state index is 11.6. The topological polar surface area (TPSA) is 88.5 Å². The van der Waals surface area contributed by atoms with Crippen molar-refractivity contribution in [2.45, 2.75) is 26.4 Å². The molecule has 1 unspecified atom stereocenters. The van der Waals surface area contributed by atoms with Crippen LogP contribution in [-0.2, 0) is 16.1 Å². The zero-order valence-electron chi connectivity index (χ0n) is 11.2. The van der Waals surface area contributed by atoms with Crippen molar-refractivity contribution in [3.63, 3.8) is 0 Å². The molecular weight excluding hydrogens is 248 g/mol. The first kappa shape index (κ1) is 15.1. The van der Waals surface area contributed by atoms with Crippen molar-refractivity contribution in [1.82, 2.24) is 10.3 Å². The number of esters is 1. The summed E-state index contributed by atoms with van der Waals surface area (Å²) in [4.78, 5) is 26.6. The molecule has 0 radical (unpaired) electrons. The molecule has 0 saturated carbocycles. The van der Waals surface area contributed by atoms with E-state index in [1.165, 1.54) is 19.4 Å². The van der Waals surface area contributed by atoms with Crippen LogP contribution in [0.1, 0.15) is 29.9 Å². The number of carbonyl (C=O) groups is 2. The van der Waals surface area contributed by atoms with Crippen molar-refractivity contribution < 1.29 is 19.4 Å². The lowest BCUT2D eigenvalue weighted by molar-refractivity contribution is -0.144. The van der Waals surface area contributed by atoms with Gasteiger partial charge in [-0.1, -0.05) is 13.8 Å². The molecule has 0 aliphatic carbocycles. The molecule has 0 aliphatic heterocycles. The lowest BCUT2D eigenvalue weighted by atomic mass is 10.0. The molecule has 2 N–H and O–H groups in total. The summed E-state index contributed by atoms with van der Waals surface area (Å²) in [6, 6.07) is 2.55. The SMILES string of the molecule is COC(=O)C(NCc1ncccc1C(=O)O)C(C)C. The summed E-state index contributed by atoms with van der Waals surface area (Å²) in [6.07, 6.45) is 1.52. The van der Waals surface area contributed by atoms with E-state index < -0.39 is 12.0 Å². The Bertz CT molecular complexity index is 460. The Morgan fingerprint density at radius 2 is 2.16 bits per heavy atom. The van der Waals surface area contributed by atoms with Crippen LogP contribution in [0.15, 0.2) is 18.3 Å². The fourth-order valence-electron chi connectivity index (χ4n) is 1.70. The van der Waals surface area contributed by atoms with Gasteiger partial charge in [-0.2, -0.15) is 0 Å². The molecule has 0 bridgehead atoms. The molecule has 0 fully saturated rings. The first-order valence-corrected chi connectivity index (χ1v) is 5.95. The number of nitrogens with zero attached hydrogens (tertiary/aromatic N) is 1. The Morgan fingerprint density at radius 3 is 2.68 bits per heavy atom. The van der Waals surface area contributed by atoms with Gasteiger partial charge < -0.3 is 9.84 Å². The monoisotopic (exact) mass is 266 g/mol. The van der Waals surface area contributed by atoms with Crippen molar-refractivity contribution in [3.8, 4) is 0 Å². The van der Waals surface area contributed by atoms with Crippen LogP contribution in [0.3, 0.4) is 0 Å². The van der Waals surface area contributed by atoms with E-state index in [2.05, 4.69) is 10.3 Å². The number of hydrogen-bond donors (Lipinski definition) is 2. The number of carboxylic acids is 1. The predicted octanol–water partition coefficient (Wildman–Crippen LogP) is 1.07. The molecule has 1 aromatic heterocycles. The second kappa shape index (κ2) is 6.84. The van der Waals surface area contributed by atoms with Gasteiger partial charge in [0.1, 0.15) is 6.04 Å². The Morgan fingerprint density at radius 1 is 1.47 bits per heavy atom. The maximum Gasteiger partial charge on any atom is 0.337 e. The van der Waals surface area contributed by atoms with Crippen LogP contribution in [0.25, 0.3) is 0 Å². The number of methoxy groups -OCH3 is 1. The minimum absolute atomic E-state index is 0.0319. The van der Waals surface area contributed by atoms with E-state index >= 15 is 0 Å². The fraction of sp³-hybridized carbons (Fsp3) is 0.462. The number of hydrogen-bond acceptors (Lipinski definition) is 5. The summed E-state index contributed by atoms with van der Waals surface area (Å²) in [5, 5.41) is 12.0. The minimum Gasteiger partial charge on any atom is -0.478 e. The van der Waals surface area contributed by atoms with Crippen LogP contribution >= 0.6 is 0 Å². The van der Waals surface area contributed by atoms with E-state index in [0.717, 1.165) is 0 Å². The standard InChI is InChI=1S/C13H18N2O4/c1-8(2)11(13(18)19-3)15-7-10-9(12(16)17)5-4-6-14-10/h4-6,8,11,15H,7H2,1-3H3,(H,16,17). The molecule has 1 rings (SSSR count). The molecule has 0 aliphatic rings. The molecule has 19 heavy (non-hydrogen) atoms.